The number of nitrogens with zero attached hydrogens (tertiary/aromatic N) is 1. The zero-order chi connectivity index (χ0) is 14.6. The van der Waals surface area contributed by atoms with Crippen LogP contribution in [-0.2, 0) is 0 Å². The lowest BCUT2D eigenvalue weighted by molar-refractivity contribution is -0.384. The highest BCUT2D eigenvalue weighted by Crippen LogP contribution is 2.28. The molecule has 0 spiro atoms. The number of hydrogen-bond donors (Lipinski definition) is 2. The molecule has 0 aliphatic carbocycles. The van der Waals surface area contributed by atoms with Gasteiger partial charge in [0.05, 0.1) is 4.92 Å². The van der Waals surface area contributed by atoms with Gasteiger partial charge in [-0.05, 0) is 5.92 Å². The third kappa shape index (κ3) is 3.64. The first-order valence-corrected chi connectivity index (χ1v) is 5.81. The number of anilines is 1. The Hall–Kier alpha value is -2.18. The van der Waals surface area contributed by atoms with Gasteiger partial charge in [0.15, 0.2) is 0 Å². The summed E-state index contributed by atoms with van der Waals surface area (Å²) in [6, 6.07) is 1.58. The van der Waals surface area contributed by atoms with Crippen molar-refractivity contribution in [2.45, 2.75) is 20.3 Å². The van der Waals surface area contributed by atoms with Gasteiger partial charge in [0.1, 0.15) is 17.1 Å². The fourth-order valence-corrected chi connectivity index (χ4v) is 1.45. The highest BCUT2D eigenvalue weighted by atomic mass is 19.1. The number of carbonyl (C=O) groups is 1. The van der Waals surface area contributed by atoms with Crippen LogP contribution in [0.15, 0.2) is 12.1 Å². The molecule has 0 aromatic heterocycles. The van der Waals surface area contributed by atoms with Crippen LogP contribution in [0.2, 0.25) is 0 Å². The molecular formula is C12H15FN2O4. The smallest absolute Gasteiger partial charge is 0.338 e. The quantitative estimate of drug-likeness (QED) is 0.612. The molecule has 0 saturated carbocycles. The van der Waals surface area contributed by atoms with Crippen molar-refractivity contribution in [1.29, 1.82) is 0 Å². The van der Waals surface area contributed by atoms with Crippen LogP contribution in [0.5, 0.6) is 0 Å². The van der Waals surface area contributed by atoms with E-state index in [-0.39, 0.29) is 11.6 Å². The fraction of sp³-hybridized carbons (Fsp3) is 0.417. The standard InChI is InChI=1S/C12H15FN2O4/c1-3-7(2)6-14-10-5-9(13)8(12(16)17)4-11(10)15(18)19/h4-5,7,14H,3,6H2,1-2H3,(H,16,17). The predicted octanol–water partition coefficient (Wildman–Crippen LogP) is 2.89. The number of halogens is 1. The van der Waals surface area contributed by atoms with Crippen molar-refractivity contribution in [3.63, 3.8) is 0 Å². The summed E-state index contributed by atoms with van der Waals surface area (Å²) in [6.45, 7) is 4.36. The molecule has 0 amide bonds. The van der Waals surface area contributed by atoms with Crippen molar-refractivity contribution in [3.8, 4) is 0 Å². The van der Waals surface area contributed by atoms with E-state index in [2.05, 4.69) is 5.32 Å². The summed E-state index contributed by atoms with van der Waals surface area (Å²) in [6.07, 6.45) is 0.872. The molecule has 1 aromatic carbocycles. The number of carboxylic acids is 1. The Balaban J connectivity index is 3.12. The maximum Gasteiger partial charge on any atom is 0.338 e. The van der Waals surface area contributed by atoms with E-state index >= 15 is 0 Å². The number of rotatable bonds is 6. The predicted molar refractivity (Wildman–Crippen MR) is 68.0 cm³/mol. The van der Waals surface area contributed by atoms with Crippen LogP contribution >= 0.6 is 0 Å². The third-order valence-electron chi connectivity index (χ3n) is 2.85. The summed E-state index contributed by atoms with van der Waals surface area (Å²) < 4.78 is 13.5. The van der Waals surface area contributed by atoms with Crippen molar-refractivity contribution in [1.82, 2.24) is 0 Å². The third-order valence-corrected chi connectivity index (χ3v) is 2.85. The molecule has 7 heteroatoms. The van der Waals surface area contributed by atoms with E-state index in [9.17, 15) is 19.3 Å². The molecule has 0 saturated heterocycles. The lowest BCUT2D eigenvalue weighted by Gasteiger charge is -2.12. The minimum atomic E-state index is -1.53. The van der Waals surface area contributed by atoms with Crippen LogP contribution in [0.25, 0.3) is 0 Å². The number of benzene rings is 1. The van der Waals surface area contributed by atoms with Gasteiger partial charge < -0.3 is 10.4 Å². The van der Waals surface area contributed by atoms with Crippen molar-refractivity contribution < 1.29 is 19.2 Å². The van der Waals surface area contributed by atoms with E-state index in [0.717, 1.165) is 18.6 Å². The SMILES string of the molecule is CCC(C)CNc1cc(F)c(C(=O)O)cc1[N+](=O)[O-]. The Bertz CT molecular complexity index is 505. The summed E-state index contributed by atoms with van der Waals surface area (Å²) in [5.41, 5.74) is -1.16. The van der Waals surface area contributed by atoms with E-state index in [1.54, 1.807) is 0 Å². The Labute approximate surface area is 109 Å². The first-order chi connectivity index (χ1) is 8.86. The molecule has 1 atom stereocenters. The van der Waals surface area contributed by atoms with Crippen molar-refractivity contribution >= 4 is 17.3 Å². The minimum Gasteiger partial charge on any atom is -0.478 e. The molecule has 1 rings (SSSR count). The molecule has 0 bridgehead atoms. The monoisotopic (exact) mass is 270 g/mol. The van der Waals surface area contributed by atoms with E-state index in [1.165, 1.54) is 0 Å². The lowest BCUT2D eigenvalue weighted by atomic mass is 10.1. The lowest BCUT2D eigenvalue weighted by Crippen LogP contribution is -2.13. The number of nitrogens with one attached hydrogen (secondary N) is 1. The van der Waals surface area contributed by atoms with Gasteiger partial charge in [-0.15, -0.1) is 0 Å². The maximum absolute atomic E-state index is 13.5. The summed E-state index contributed by atoms with van der Waals surface area (Å²) in [5.74, 6) is -2.26. The fourth-order valence-electron chi connectivity index (χ4n) is 1.45. The number of nitro benzene ring substituents is 1. The zero-order valence-electron chi connectivity index (χ0n) is 10.6. The molecule has 0 heterocycles. The minimum absolute atomic E-state index is 0.00667. The highest BCUT2D eigenvalue weighted by Gasteiger charge is 2.21. The summed E-state index contributed by atoms with van der Waals surface area (Å²) in [7, 11) is 0. The van der Waals surface area contributed by atoms with Gasteiger partial charge in [0.25, 0.3) is 5.69 Å². The summed E-state index contributed by atoms with van der Waals surface area (Å²) in [5, 5.41) is 22.4. The van der Waals surface area contributed by atoms with Crippen molar-refractivity contribution in [3.05, 3.63) is 33.6 Å². The van der Waals surface area contributed by atoms with E-state index in [0.29, 0.717) is 6.54 Å². The van der Waals surface area contributed by atoms with Gasteiger partial charge in [0.2, 0.25) is 0 Å². The van der Waals surface area contributed by atoms with Gasteiger partial charge in [-0.25, -0.2) is 9.18 Å². The highest BCUT2D eigenvalue weighted by molar-refractivity contribution is 5.90. The van der Waals surface area contributed by atoms with Gasteiger partial charge in [0, 0.05) is 18.7 Å². The van der Waals surface area contributed by atoms with E-state index in [1.807, 2.05) is 13.8 Å². The second-order valence-corrected chi connectivity index (χ2v) is 4.31. The topological polar surface area (TPSA) is 92.5 Å². The van der Waals surface area contributed by atoms with Gasteiger partial charge in [-0.2, -0.15) is 0 Å². The number of carboxylic acid groups (broad SMARTS) is 1. The molecule has 0 aliphatic heterocycles. The van der Waals surface area contributed by atoms with Gasteiger partial charge in [-0.3, -0.25) is 10.1 Å². The van der Waals surface area contributed by atoms with Gasteiger partial charge in [-0.1, -0.05) is 20.3 Å². The Morgan fingerprint density at radius 2 is 2.21 bits per heavy atom. The molecule has 0 aliphatic rings. The summed E-state index contributed by atoms with van der Waals surface area (Å²) in [4.78, 5) is 20.9. The van der Waals surface area contributed by atoms with Crippen LogP contribution in [-0.4, -0.2) is 22.5 Å². The molecule has 0 radical (unpaired) electrons. The second kappa shape index (κ2) is 6.12. The van der Waals surface area contributed by atoms with Crippen LogP contribution in [0.1, 0.15) is 30.6 Å². The first-order valence-electron chi connectivity index (χ1n) is 5.81. The zero-order valence-corrected chi connectivity index (χ0v) is 10.6. The maximum atomic E-state index is 13.5. The summed E-state index contributed by atoms with van der Waals surface area (Å²) >= 11 is 0. The molecule has 0 fully saturated rings. The van der Waals surface area contributed by atoms with Crippen molar-refractivity contribution in [2.24, 2.45) is 5.92 Å². The van der Waals surface area contributed by atoms with Crippen LogP contribution in [0, 0.1) is 21.8 Å². The molecule has 19 heavy (non-hydrogen) atoms. The average Bonchev–Trinajstić information content (AvgIpc) is 2.34. The largest absolute Gasteiger partial charge is 0.478 e. The molecular weight excluding hydrogens is 255 g/mol. The normalized spacial score (nSPS) is 11.9. The van der Waals surface area contributed by atoms with Crippen LogP contribution < -0.4 is 5.32 Å². The number of hydrogen-bond acceptors (Lipinski definition) is 4. The molecule has 1 aromatic rings. The van der Waals surface area contributed by atoms with Crippen LogP contribution in [0.3, 0.4) is 0 Å². The Morgan fingerprint density at radius 3 is 2.68 bits per heavy atom. The Morgan fingerprint density at radius 1 is 1.58 bits per heavy atom. The second-order valence-electron chi connectivity index (χ2n) is 4.31. The number of nitro groups is 1. The molecule has 6 nitrogen and oxygen atoms in total. The van der Waals surface area contributed by atoms with E-state index < -0.39 is 28.0 Å². The first kappa shape index (κ1) is 14.9. The van der Waals surface area contributed by atoms with Gasteiger partial charge >= 0.3 is 5.97 Å². The molecule has 1 unspecified atom stereocenters. The van der Waals surface area contributed by atoms with E-state index in [4.69, 9.17) is 5.11 Å². The average molecular weight is 270 g/mol. The Kier molecular flexibility index (Phi) is 4.80. The van der Waals surface area contributed by atoms with Crippen molar-refractivity contribution in [2.75, 3.05) is 11.9 Å². The van der Waals surface area contributed by atoms with Crippen LogP contribution in [0.4, 0.5) is 15.8 Å². The molecule has 2 N–H and O–H groups in total. The number of aromatic carboxylic acids is 1. The molecule has 104 valence electrons.